The van der Waals surface area contributed by atoms with Gasteiger partial charge in [0.05, 0.1) is 5.02 Å². The molecule has 5 heteroatoms. The number of nitrogens with zero attached hydrogens (tertiary/aromatic N) is 1. The fraction of sp³-hybridized carbons (Fsp3) is 0. The maximum absolute atomic E-state index is 10.7. The van der Waals surface area contributed by atoms with Crippen LogP contribution in [0.5, 0.6) is 0 Å². The third kappa shape index (κ3) is 1.28. The summed E-state index contributed by atoms with van der Waals surface area (Å²) in [6.07, 6.45) is 3.18. The number of thiophene rings is 1. The largest absolute Gasteiger partial charge is 0.477 e. The summed E-state index contributed by atoms with van der Waals surface area (Å²) < 4.78 is 0.845. The number of aromatic carboxylic acids is 1. The molecular formula is C8H4ClNO2S. The highest BCUT2D eigenvalue weighted by Gasteiger charge is 2.15. The van der Waals surface area contributed by atoms with E-state index in [0.717, 1.165) is 16.0 Å². The minimum Gasteiger partial charge on any atom is -0.477 e. The van der Waals surface area contributed by atoms with Crippen molar-refractivity contribution in [2.24, 2.45) is 0 Å². The Morgan fingerprint density at radius 2 is 2.38 bits per heavy atom. The van der Waals surface area contributed by atoms with E-state index >= 15 is 0 Å². The fourth-order valence-electron chi connectivity index (χ4n) is 1.05. The van der Waals surface area contributed by atoms with Crippen LogP contribution in [0.25, 0.3) is 10.1 Å². The minimum absolute atomic E-state index is 0.171. The maximum atomic E-state index is 10.7. The Kier molecular flexibility index (Phi) is 1.94. The number of pyridine rings is 1. The van der Waals surface area contributed by atoms with Crippen LogP contribution in [0.3, 0.4) is 0 Å². The smallest absolute Gasteiger partial charge is 0.347 e. The van der Waals surface area contributed by atoms with Gasteiger partial charge in [-0.2, -0.15) is 0 Å². The predicted octanol–water partition coefficient (Wildman–Crippen LogP) is 2.65. The zero-order valence-electron chi connectivity index (χ0n) is 6.32. The zero-order valence-corrected chi connectivity index (χ0v) is 7.89. The van der Waals surface area contributed by atoms with Crippen molar-refractivity contribution in [3.05, 3.63) is 28.4 Å². The zero-order chi connectivity index (χ0) is 9.42. The molecule has 0 unspecified atom stereocenters. The Morgan fingerprint density at radius 3 is 3.00 bits per heavy atom. The Labute approximate surface area is 82.6 Å². The SMILES string of the molecule is O=C(O)c1sc2ccncc2c1Cl. The number of carboxylic acids is 1. The van der Waals surface area contributed by atoms with E-state index in [1.165, 1.54) is 0 Å². The van der Waals surface area contributed by atoms with Crippen molar-refractivity contribution >= 4 is 39.0 Å². The first-order chi connectivity index (χ1) is 6.20. The molecule has 2 aromatic heterocycles. The van der Waals surface area contributed by atoms with Crippen LogP contribution in [0.4, 0.5) is 0 Å². The third-order valence-electron chi connectivity index (χ3n) is 1.62. The van der Waals surface area contributed by atoms with Crippen LogP contribution in [-0.2, 0) is 0 Å². The maximum Gasteiger partial charge on any atom is 0.347 e. The second kappa shape index (κ2) is 2.97. The molecule has 0 aliphatic carbocycles. The topological polar surface area (TPSA) is 50.2 Å². The van der Waals surface area contributed by atoms with Gasteiger partial charge in [0.25, 0.3) is 0 Å². The van der Waals surface area contributed by atoms with Gasteiger partial charge < -0.3 is 5.11 Å². The third-order valence-corrected chi connectivity index (χ3v) is 3.29. The van der Waals surface area contributed by atoms with Crippen LogP contribution in [0.2, 0.25) is 5.02 Å². The van der Waals surface area contributed by atoms with Gasteiger partial charge in [0.1, 0.15) is 4.88 Å². The Bertz CT molecular complexity index is 480. The average Bonchev–Trinajstić information content (AvgIpc) is 2.45. The van der Waals surface area contributed by atoms with E-state index in [0.29, 0.717) is 5.39 Å². The Balaban J connectivity index is 2.81. The van der Waals surface area contributed by atoms with Crippen molar-refractivity contribution in [3.8, 4) is 0 Å². The molecule has 66 valence electrons. The van der Waals surface area contributed by atoms with E-state index in [-0.39, 0.29) is 9.90 Å². The van der Waals surface area contributed by atoms with Crippen molar-refractivity contribution < 1.29 is 9.90 Å². The van der Waals surface area contributed by atoms with Crippen molar-refractivity contribution in [1.29, 1.82) is 0 Å². The molecular weight excluding hydrogens is 210 g/mol. The molecule has 0 bridgehead atoms. The molecule has 2 heterocycles. The lowest BCUT2D eigenvalue weighted by atomic mass is 10.3. The van der Waals surface area contributed by atoms with Gasteiger partial charge in [-0.25, -0.2) is 4.79 Å². The summed E-state index contributed by atoms with van der Waals surface area (Å²) in [5, 5.41) is 9.75. The first kappa shape index (κ1) is 8.47. The Hall–Kier alpha value is -1.13. The molecule has 0 atom stereocenters. The molecule has 0 aromatic carbocycles. The summed E-state index contributed by atoms with van der Waals surface area (Å²) in [4.78, 5) is 14.7. The lowest BCUT2D eigenvalue weighted by Crippen LogP contribution is -1.91. The van der Waals surface area contributed by atoms with Crippen LogP contribution in [0.1, 0.15) is 9.67 Å². The fourth-order valence-corrected chi connectivity index (χ4v) is 2.35. The van der Waals surface area contributed by atoms with Crippen LogP contribution in [-0.4, -0.2) is 16.1 Å². The lowest BCUT2D eigenvalue weighted by molar-refractivity contribution is 0.0702. The van der Waals surface area contributed by atoms with E-state index < -0.39 is 5.97 Å². The van der Waals surface area contributed by atoms with E-state index in [2.05, 4.69) is 4.98 Å². The summed E-state index contributed by atoms with van der Waals surface area (Å²) in [6, 6.07) is 1.75. The highest BCUT2D eigenvalue weighted by Crippen LogP contribution is 2.34. The summed E-state index contributed by atoms with van der Waals surface area (Å²) in [7, 11) is 0. The van der Waals surface area contributed by atoms with Crippen molar-refractivity contribution in [3.63, 3.8) is 0 Å². The van der Waals surface area contributed by atoms with Crippen LogP contribution >= 0.6 is 22.9 Å². The molecule has 0 aliphatic rings. The number of carbonyl (C=O) groups is 1. The molecule has 0 radical (unpaired) electrons. The summed E-state index contributed by atoms with van der Waals surface area (Å²) in [5.41, 5.74) is 0. The summed E-state index contributed by atoms with van der Waals surface area (Å²) in [6.45, 7) is 0. The Morgan fingerprint density at radius 1 is 1.62 bits per heavy atom. The molecule has 0 saturated carbocycles. The summed E-state index contributed by atoms with van der Waals surface area (Å²) in [5.74, 6) is -0.994. The monoisotopic (exact) mass is 213 g/mol. The van der Waals surface area contributed by atoms with Gasteiger partial charge in [-0.05, 0) is 6.07 Å². The molecule has 0 spiro atoms. The average molecular weight is 214 g/mol. The molecule has 0 aliphatic heterocycles. The van der Waals surface area contributed by atoms with Crippen molar-refractivity contribution in [2.45, 2.75) is 0 Å². The van der Waals surface area contributed by atoms with E-state index in [1.807, 2.05) is 0 Å². The first-order valence-corrected chi connectivity index (χ1v) is 4.65. The highest BCUT2D eigenvalue weighted by atomic mass is 35.5. The van der Waals surface area contributed by atoms with Crippen LogP contribution < -0.4 is 0 Å². The number of hydrogen-bond donors (Lipinski definition) is 1. The van der Waals surface area contributed by atoms with Crippen LogP contribution in [0.15, 0.2) is 18.5 Å². The molecule has 0 fully saturated rings. The number of fused-ring (bicyclic) bond motifs is 1. The molecule has 0 amide bonds. The highest BCUT2D eigenvalue weighted by molar-refractivity contribution is 7.21. The number of hydrogen-bond acceptors (Lipinski definition) is 3. The van der Waals surface area contributed by atoms with Gasteiger partial charge >= 0.3 is 5.97 Å². The minimum atomic E-state index is -0.994. The number of rotatable bonds is 1. The molecule has 13 heavy (non-hydrogen) atoms. The number of halogens is 1. The predicted molar refractivity (Wildman–Crippen MR) is 51.6 cm³/mol. The van der Waals surface area contributed by atoms with Gasteiger partial charge in [0.15, 0.2) is 0 Å². The van der Waals surface area contributed by atoms with Gasteiger partial charge in [0.2, 0.25) is 0 Å². The second-order valence-electron chi connectivity index (χ2n) is 2.42. The van der Waals surface area contributed by atoms with E-state index in [4.69, 9.17) is 16.7 Å². The normalized spacial score (nSPS) is 10.5. The van der Waals surface area contributed by atoms with Gasteiger partial charge in [-0.1, -0.05) is 11.6 Å². The van der Waals surface area contributed by atoms with Gasteiger partial charge in [-0.3, -0.25) is 4.98 Å². The van der Waals surface area contributed by atoms with Gasteiger partial charge in [-0.15, -0.1) is 11.3 Å². The molecule has 0 saturated heterocycles. The lowest BCUT2D eigenvalue weighted by Gasteiger charge is -1.87. The van der Waals surface area contributed by atoms with Gasteiger partial charge in [0, 0.05) is 22.5 Å². The van der Waals surface area contributed by atoms with Crippen molar-refractivity contribution in [1.82, 2.24) is 4.98 Å². The quantitative estimate of drug-likeness (QED) is 0.792. The molecule has 1 N–H and O–H groups in total. The number of aromatic nitrogens is 1. The molecule has 3 nitrogen and oxygen atoms in total. The van der Waals surface area contributed by atoms with E-state index in [9.17, 15) is 4.79 Å². The first-order valence-electron chi connectivity index (χ1n) is 3.45. The molecule has 2 rings (SSSR count). The summed E-state index contributed by atoms with van der Waals surface area (Å²) >= 11 is 7.00. The van der Waals surface area contributed by atoms with Crippen LogP contribution in [0, 0.1) is 0 Å². The van der Waals surface area contributed by atoms with Crippen molar-refractivity contribution in [2.75, 3.05) is 0 Å². The second-order valence-corrected chi connectivity index (χ2v) is 3.85. The number of carboxylic acid groups (broad SMARTS) is 1. The molecule has 2 aromatic rings. The van der Waals surface area contributed by atoms with E-state index in [1.54, 1.807) is 18.5 Å². The standard InChI is InChI=1S/C8H4ClNO2S/c9-6-4-3-10-2-1-5(4)13-7(6)8(11)12/h1-3H,(H,11,12).